The Morgan fingerprint density at radius 1 is 1.16 bits per heavy atom. The smallest absolute Gasteiger partial charge is 0.173 e. The van der Waals surface area contributed by atoms with Crippen LogP contribution in [-0.2, 0) is 12.8 Å². The molecular formula is C20H20N2OS2. The lowest BCUT2D eigenvalue weighted by Crippen LogP contribution is -2.04. The third-order valence-electron chi connectivity index (χ3n) is 4.89. The minimum Gasteiger partial charge on any atom is -0.293 e. The molecule has 0 saturated carbocycles. The molecule has 5 heteroatoms. The summed E-state index contributed by atoms with van der Waals surface area (Å²) in [6.45, 7) is 4.11. The van der Waals surface area contributed by atoms with E-state index < -0.39 is 0 Å². The number of thioether (sulfide) groups is 1. The summed E-state index contributed by atoms with van der Waals surface area (Å²) in [5.41, 5.74) is 4.58. The van der Waals surface area contributed by atoms with E-state index in [9.17, 15) is 4.79 Å². The highest BCUT2D eigenvalue weighted by Crippen LogP contribution is 2.39. The first-order chi connectivity index (χ1) is 12.1. The summed E-state index contributed by atoms with van der Waals surface area (Å²) in [4.78, 5) is 24.1. The summed E-state index contributed by atoms with van der Waals surface area (Å²) in [5, 5.41) is 2.15. The molecule has 1 aromatic carbocycles. The van der Waals surface area contributed by atoms with Crippen LogP contribution in [0.1, 0.15) is 44.8 Å². The topological polar surface area (TPSA) is 42.9 Å². The van der Waals surface area contributed by atoms with Gasteiger partial charge >= 0.3 is 0 Å². The van der Waals surface area contributed by atoms with E-state index >= 15 is 0 Å². The standard InChI is InChI=1S/C20H20N2OS2/c1-12-7-8-14(9-13(12)2)16(23)10-24-19-18-15-5-3-4-6-17(15)25-20(18)22-11-21-19/h7-9,11H,3-6,10H2,1-2H3. The SMILES string of the molecule is Cc1ccc(C(=O)CSc2ncnc3sc4c(c23)CCCC4)cc1C. The molecule has 0 amide bonds. The highest BCUT2D eigenvalue weighted by atomic mass is 32.2. The number of rotatable bonds is 4. The van der Waals surface area contributed by atoms with Crippen LogP contribution >= 0.6 is 23.1 Å². The molecule has 0 saturated heterocycles. The zero-order valence-corrected chi connectivity index (χ0v) is 16.1. The maximum Gasteiger partial charge on any atom is 0.173 e. The Hall–Kier alpha value is -1.72. The average Bonchev–Trinajstić information content (AvgIpc) is 3.01. The van der Waals surface area contributed by atoms with E-state index in [4.69, 9.17) is 0 Å². The molecule has 0 fully saturated rings. The van der Waals surface area contributed by atoms with Crippen LogP contribution in [0, 0.1) is 13.8 Å². The van der Waals surface area contributed by atoms with Crippen molar-refractivity contribution in [2.45, 2.75) is 44.6 Å². The van der Waals surface area contributed by atoms with Crippen molar-refractivity contribution in [3.8, 4) is 0 Å². The fourth-order valence-electron chi connectivity index (χ4n) is 3.30. The predicted molar refractivity (Wildman–Crippen MR) is 105 cm³/mol. The number of carbonyl (C=O) groups is 1. The largest absolute Gasteiger partial charge is 0.293 e. The molecule has 0 N–H and O–H groups in total. The van der Waals surface area contributed by atoms with Gasteiger partial charge < -0.3 is 0 Å². The van der Waals surface area contributed by atoms with Gasteiger partial charge in [-0.15, -0.1) is 11.3 Å². The number of fused-ring (bicyclic) bond motifs is 3. The van der Waals surface area contributed by atoms with Gasteiger partial charge in [-0.05, 0) is 62.3 Å². The van der Waals surface area contributed by atoms with Gasteiger partial charge in [0, 0.05) is 15.8 Å². The van der Waals surface area contributed by atoms with Crippen LogP contribution in [-0.4, -0.2) is 21.5 Å². The molecule has 0 radical (unpaired) electrons. The van der Waals surface area contributed by atoms with Crippen molar-refractivity contribution >= 4 is 39.1 Å². The van der Waals surface area contributed by atoms with Crippen molar-refractivity contribution in [3.05, 3.63) is 51.7 Å². The molecule has 0 aliphatic heterocycles. The maximum absolute atomic E-state index is 12.6. The summed E-state index contributed by atoms with van der Waals surface area (Å²) in [6.07, 6.45) is 6.40. The quantitative estimate of drug-likeness (QED) is 0.362. The van der Waals surface area contributed by atoms with Crippen molar-refractivity contribution in [3.63, 3.8) is 0 Å². The highest BCUT2D eigenvalue weighted by Gasteiger charge is 2.20. The molecule has 3 nitrogen and oxygen atoms in total. The monoisotopic (exact) mass is 368 g/mol. The minimum absolute atomic E-state index is 0.156. The summed E-state index contributed by atoms with van der Waals surface area (Å²) < 4.78 is 0. The number of carbonyl (C=O) groups excluding carboxylic acids is 1. The van der Waals surface area contributed by atoms with E-state index in [1.165, 1.54) is 34.2 Å². The average molecular weight is 369 g/mol. The highest BCUT2D eigenvalue weighted by molar-refractivity contribution is 8.00. The fourth-order valence-corrected chi connectivity index (χ4v) is 5.52. The van der Waals surface area contributed by atoms with Gasteiger partial charge in [-0.3, -0.25) is 4.79 Å². The maximum atomic E-state index is 12.6. The summed E-state index contributed by atoms with van der Waals surface area (Å²) in [5.74, 6) is 0.572. The Kier molecular flexibility index (Phi) is 4.61. The van der Waals surface area contributed by atoms with E-state index in [-0.39, 0.29) is 5.78 Å². The number of Topliss-reactive ketones (excluding diaryl/α,β-unsaturated/α-hetero) is 1. The lowest BCUT2D eigenvalue weighted by atomic mass is 9.97. The second-order valence-corrected chi connectivity index (χ2v) is 8.63. The Balaban J connectivity index is 1.59. The molecule has 4 rings (SSSR count). The molecule has 0 unspecified atom stereocenters. The van der Waals surface area contributed by atoms with Gasteiger partial charge in [-0.2, -0.15) is 0 Å². The van der Waals surface area contributed by atoms with E-state index in [0.29, 0.717) is 5.75 Å². The van der Waals surface area contributed by atoms with Crippen LogP contribution in [0.4, 0.5) is 0 Å². The number of thiophene rings is 1. The van der Waals surface area contributed by atoms with E-state index in [0.717, 1.165) is 33.8 Å². The van der Waals surface area contributed by atoms with Crippen LogP contribution in [0.5, 0.6) is 0 Å². The number of hydrogen-bond donors (Lipinski definition) is 0. The second-order valence-electron chi connectivity index (χ2n) is 6.58. The molecule has 128 valence electrons. The van der Waals surface area contributed by atoms with Crippen molar-refractivity contribution in [2.24, 2.45) is 0 Å². The lowest BCUT2D eigenvalue weighted by Gasteiger charge is -2.11. The first-order valence-electron chi connectivity index (χ1n) is 8.62. The van der Waals surface area contributed by atoms with E-state index in [1.807, 2.05) is 25.1 Å². The first-order valence-corrected chi connectivity index (χ1v) is 10.4. The predicted octanol–water partition coefficient (Wildman–Crippen LogP) is 5.16. The Bertz CT molecular complexity index is 962. The van der Waals surface area contributed by atoms with Gasteiger partial charge in [0.25, 0.3) is 0 Å². The number of hydrogen-bond acceptors (Lipinski definition) is 5. The van der Waals surface area contributed by atoms with E-state index in [1.54, 1.807) is 29.4 Å². The molecule has 25 heavy (non-hydrogen) atoms. The van der Waals surface area contributed by atoms with E-state index in [2.05, 4.69) is 16.9 Å². The molecule has 2 heterocycles. The van der Waals surface area contributed by atoms with Gasteiger partial charge in [0.2, 0.25) is 0 Å². The Morgan fingerprint density at radius 2 is 2.00 bits per heavy atom. The van der Waals surface area contributed by atoms with Gasteiger partial charge in [0.05, 0.1) is 5.75 Å². The Labute approximate surface area is 155 Å². The van der Waals surface area contributed by atoms with Gasteiger partial charge in [-0.25, -0.2) is 9.97 Å². The van der Waals surface area contributed by atoms with Crippen molar-refractivity contribution in [1.29, 1.82) is 0 Å². The van der Waals surface area contributed by atoms with Gasteiger partial charge in [0.15, 0.2) is 5.78 Å². The van der Waals surface area contributed by atoms with Crippen molar-refractivity contribution in [2.75, 3.05) is 5.75 Å². The normalized spacial score (nSPS) is 13.8. The molecule has 2 aromatic heterocycles. The third-order valence-corrected chi connectivity index (χ3v) is 7.07. The van der Waals surface area contributed by atoms with Crippen LogP contribution < -0.4 is 0 Å². The van der Waals surface area contributed by atoms with Gasteiger partial charge in [-0.1, -0.05) is 23.9 Å². The number of aromatic nitrogens is 2. The summed E-state index contributed by atoms with van der Waals surface area (Å²) in [6, 6.07) is 5.93. The lowest BCUT2D eigenvalue weighted by molar-refractivity contribution is 0.102. The number of ketones is 1. The molecule has 0 spiro atoms. The van der Waals surface area contributed by atoms with Crippen molar-refractivity contribution < 1.29 is 4.79 Å². The molecule has 0 atom stereocenters. The van der Waals surface area contributed by atoms with Crippen LogP contribution in [0.15, 0.2) is 29.6 Å². The summed E-state index contributed by atoms with van der Waals surface area (Å²) in [7, 11) is 0. The zero-order valence-electron chi connectivity index (χ0n) is 14.5. The first kappa shape index (κ1) is 16.7. The molecule has 0 bridgehead atoms. The zero-order chi connectivity index (χ0) is 17.4. The summed E-state index contributed by atoms with van der Waals surface area (Å²) >= 11 is 3.35. The second kappa shape index (κ2) is 6.89. The van der Waals surface area contributed by atoms with Crippen LogP contribution in [0.25, 0.3) is 10.2 Å². The van der Waals surface area contributed by atoms with Gasteiger partial charge in [0.1, 0.15) is 16.2 Å². The number of aryl methyl sites for hydroxylation is 4. The van der Waals surface area contributed by atoms with Crippen LogP contribution in [0.2, 0.25) is 0 Å². The molecule has 1 aliphatic rings. The van der Waals surface area contributed by atoms with Crippen molar-refractivity contribution in [1.82, 2.24) is 9.97 Å². The molecule has 3 aromatic rings. The molecule has 1 aliphatic carbocycles. The number of benzene rings is 1. The molecular weight excluding hydrogens is 348 g/mol. The van der Waals surface area contributed by atoms with Crippen LogP contribution in [0.3, 0.4) is 0 Å². The fraction of sp³-hybridized carbons (Fsp3) is 0.350. The Morgan fingerprint density at radius 3 is 2.84 bits per heavy atom. The third kappa shape index (κ3) is 3.23. The number of nitrogens with zero attached hydrogens (tertiary/aromatic N) is 2. The minimum atomic E-state index is 0.156.